The average molecular weight is 302 g/mol. The van der Waals surface area contributed by atoms with Crippen LogP contribution in [0, 0.1) is 17.0 Å². The van der Waals surface area contributed by atoms with E-state index in [1.54, 1.807) is 31.2 Å². The summed E-state index contributed by atoms with van der Waals surface area (Å²) in [5.41, 5.74) is 0.219. The minimum Gasteiger partial charge on any atom is -0.502 e. The Hall–Kier alpha value is -3.09. The first-order valence-corrected chi connectivity index (χ1v) is 6.36. The van der Waals surface area contributed by atoms with Gasteiger partial charge in [0.15, 0.2) is 0 Å². The molecule has 114 valence electrons. The number of ether oxygens (including phenoxy) is 1. The Labute approximate surface area is 126 Å². The number of phenolic OH excluding ortho intramolecular Hbond substituents is 1. The van der Waals surface area contributed by atoms with Gasteiger partial charge in [0.1, 0.15) is 5.75 Å². The minimum absolute atomic E-state index is 0.169. The minimum atomic E-state index is -0.734. The summed E-state index contributed by atoms with van der Waals surface area (Å²) in [5.74, 6) is -0.880. The Kier molecular flexibility index (Phi) is 4.26. The van der Waals surface area contributed by atoms with Gasteiger partial charge in [0.2, 0.25) is 5.75 Å². The predicted molar refractivity (Wildman–Crippen MR) is 80.4 cm³/mol. The number of rotatable bonds is 4. The molecule has 0 aliphatic carbocycles. The maximum absolute atomic E-state index is 12.3. The SMILES string of the molecule is COc1ccccc1NC(=O)c1cc(C)cc([N+](=O)[O-])c1O. The van der Waals surface area contributed by atoms with Gasteiger partial charge >= 0.3 is 5.69 Å². The number of hydrogen-bond acceptors (Lipinski definition) is 5. The number of benzene rings is 2. The molecule has 0 bridgehead atoms. The Bertz CT molecular complexity index is 743. The summed E-state index contributed by atoms with van der Waals surface area (Å²) in [5, 5.41) is 23.4. The second-order valence-corrected chi connectivity index (χ2v) is 4.59. The summed E-state index contributed by atoms with van der Waals surface area (Å²) in [6, 6.07) is 9.31. The van der Waals surface area contributed by atoms with Crippen LogP contribution in [0.4, 0.5) is 11.4 Å². The van der Waals surface area contributed by atoms with E-state index < -0.39 is 22.3 Å². The molecule has 0 atom stereocenters. The molecule has 2 N–H and O–H groups in total. The zero-order valence-electron chi connectivity index (χ0n) is 12.0. The summed E-state index contributed by atoms with van der Waals surface area (Å²) >= 11 is 0. The highest BCUT2D eigenvalue weighted by Crippen LogP contribution is 2.32. The standard InChI is InChI=1S/C15H14N2O5/c1-9-7-10(14(18)12(8-9)17(20)21)15(19)16-11-5-3-4-6-13(11)22-2/h3-8,18H,1-2H3,(H,16,19). The van der Waals surface area contributed by atoms with E-state index >= 15 is 0 Å². The molecule has 0 heterocycles. The molecule has 2 aromatic carbocycles. The highest BCUT2D eigenvalue weighted by molar-refractivity contribution is 6.07. The highest BCUT2D eigenvalue weighted by atomic mass is 16.6. The van der Waals surface area contributed by atoms with E-state index in [2.05, 4.69) is 5.32 Å². The third-order valence-corrected chi connectivity index (χ3v) is 3.03. The van der Waals surface area contributed by atoms with Crippen molar-refractivity contribution in [1.82, 2.24) is 0 Å². The van der Waals surface area contributed by atoms with Gasteiger partial charge in [-0.2, -0.15) is 0 Å². The fourth-order valence-corrected chi connectivity index (χ4v) is 2.01. The maximum atomic E-state index is 12.3. The molecule has 7 nitrogen and oxygen atoms in total. The van der Waals surface area contributed by atoms with Crippen molar-refractivity contribution in [2.45, 2.75) is 6.92 Å². The van der Waals surface area contributed by atoms with Crippen LogP contribution in [0.15, 0.2) is 36.4 Å². The Balaban J connectivity index is 2.40. The van der Waals surface area contributed by atoms with Gasteiger partial charge in [-0.3, -0.25) is 14.9 Å². The topological polar surface area (TPSA) is 102 Å². The Morgan fingerprint density at radius 3 is 2.64 bits per heavy atom. The quantitative estimate of drug-likeness (QED) is 0.668. The molecular formula is C15H14N2O5. The maximum Gasteiger partial charge on any atom is 0.311 e. The van der Waals surface area contributed by atoms with E-state index in [1.807, 2.05) is 0 Å². The summed E-state index contributed by atoms with van der Waals surface area (Å²) in [7, 11) is 1.46. The molecule has 2 aromatic rings. The zero-order chi connectivity index (χ0) is 16.3. The van der Waals surface area contributed by atoms with Crippen molar-refractivity contribution in [3.8, 4) is 11.5 Å². The number of aromatic hydroxyl groups is 1. The molecule has 2 rings (SSSR count). The normalized spacial score (nSPS) is 10.1. The largest absolute Gasteiger partial charge is 0.502 e. The van der Waals surface area contributed by atoms with Crippen LogP contribution in [0.2, 0.25) is 0 Å². The molecule has 0 aliphatic heterocycles. The molecule has 0 unspecified atom stereocenters. The number of aryl methyl sites for hydroxylation is 1. The van der Waals surface area contributed by atoms with Crippen molar-refractivity contribution in [2.24, 2.45) is 0 Å². The van der Waals surface area contributed by atoms with Gasteiger partial charge in [0.25, 0.3) is 5.91 Å². The van der Waals surface area contributed by atoms with E-state index in [1.165, 1.54) is 19.2 Å². The first kappa shape index (κ1) is 15.3. The van der Waals surface area contributed by atoms with Gasteiger partial charge in [-0.15, -0.1) is 0 Å². The van der Waals surface area contributed by atoms with Gasteiger partial charge in [0.05, 0.1) is 23.3 Å². The van der Waals surface area contributed by atoms with Crippen molar-refractivity contribution in [3.05, 3.63) is 57.6 Å². The molecule has 0 aromatic heterocycles. The van der Waals surface area contributed by atoms with E-state index in [4.69, 9.17) is 4.74 Å². The number of carbonyl (C=O) groups is 1. The number of amides is 1. The number of methoxy groups -OCH3 is 1. The molecule has 7 heteroatoms. The molecule has 0 saturated heterocycles. The summed E-state index contributed by atoms with van der Waals surface area (Å²) in [6.45, 7) is 1.60. The number of nitrogens with one attached hydrogen (secondary N) is 1. The van der Waals surface area contributed by atoms with Gasteiger partial charge in [-0.1, -0.05) is 12.1 Å². The predicted octanol–water partition coefficient (Wildman–Crippen LogP) is 2.87. The number of hydrogen-bond donors (Lipinski definition) is 2. The number of carbonyl (C=O) groups excluding carboxylic acids is 1. The van der Waals surface area contributed by atoms with Crippen molar-refractivity contribution >= 4 is 17.3 Å². The number of nitro groups is 1. The highest BCUT2D eigenvalue weighted by Gasteiger charge is 2.22. The second kappa shape index (κ2) is 6.13. The summed E-state index contributed by atoms with van der Waals surface area (Å²) in [4.78, 5) is 22.4. The first-order chi connectivity index (χ1) is 10.4. The van der Waals surface area contributed by atoms with Crippen molar-refractivity contribution in [2.75, 3.05) is 12.4 Å². The van der Waals surface area contributed by atoms with Crippen LogP contribution in [-0.2, 0) is 0 Å². The van der Waals surface area contributed by atoms with Gasteiger partial charge in [-0.05, 0) is 30.7 Å². The molecule has 0 saturated carbocycles. The lowest BCUT2D eigenvalue weighted by molar-refractivity contribution is -0.385. The number of phenols is 1. The first-order valence-electron chi connectivity index (χ1n) is 6.36. The molecule has 22 heavy (non-hydrogen) atoms. The fourth-order valence-electron chi connectivity index (χ4n) is 2.01. The van der Waals surface area contributed by atoms with Crippen molar-refractivity contribution in [1.29, 1.82) is 0 Å². The molecule has 1 amide bonds. The molecule has 0 aliphatic rings. The van der Waals surface area contributed by atoms with E-state index in [0.29, 0.717) is 17.0 Å². The van der Waals surface area contributed by atoms with Crippen LogP contribution in [0.25, 0.3) is 0 Å². The lowest BCUT2D eigenvalue weighted by Crippen LogP contribution is -2.13. The van der Waals surface area contributed by atoms with E-state index in [9.17, 15) is 20.0 Å². The summed E-state index contributed by atoms with van der Waals surface area (Å²) in [6.07, 6.45) is 0. The van der Waals surface area contributed by atoms with E-state index in [-0.39, 0.29) is 5.56 Å². The molecular weight excluding hydrogens is 288 g/mol. The Morgan fingerprint density at radius 2 is 2.00 bits per heavy atom. The Morgan fingerprint density at radius 1 is 1.32 bits per heavy atom. The molecule has 0 radical (unpaired) electrons. The van der Waals surface area contributed by atoms with Crippen LogP contribution in [0.5, 0.6) is 11.5 Å². The zero-order valence-corrected chi connectivity index (χ0v) is 12.0. The third kappa shape index (κ3) is 2.98. The average Bonchev–Trinajstić information content (AvgIpc) is 2.49. The lowest BCUT2D eigenvalue weighted by atomic mass is 10.1. The smallest absolute Gasteiger partial charge is 0.311 e. The number of nitrogens with zero attached hydrogens (tertiary/aromatic N) is 1. The number of para-hydroxylation sites is 2. The monoisotopic (exact) mass is 302 g/mol. The van der Waals surface area contributed by atoms with Crippen molar-refractivity contribution < 1.29 is 19.6 Å². The van der Waals surface area contributed by atoms with Crippen LogP contribution in [-0.4, -0.2) is 23.0 Å². The molecule has 0 fully saturated rings. The van der Waals surface area contributed by atoms with Crippen molar-refractivity contribution in [3.63, 3.8) is 0 Å². The van der Waals surface area contributed by atoms with Gasteiger partial charge in [0, 0.05) is 6.07 Å². The van der Waals surface area contributed by atoms with E-state index in [0.717, 1.165) is 0 Å². The van der Waals surface area contributed by atoms with Gasteiger partial charge < -0.3 is 15.2 Å². The van der Waals surface area contributed by atoms with Crippen LogP contribution < -0.4 is 10.1 Å². The number of anilines is 1. The van der Waals surface area contributed by atoms with Crippen LogP contribution in [0.1, 0.15) is 15.9 Å². The fraction of sp³-hybridized carbons (Fsp3) is 0.133. The lowest BCUT2D eigenvalue weighted by Gasteiger charge is -2.11. The number of nitro benzene ring substituents is 1. The van der Waals surface area contributed by atoms with Crippen LogP contribution >= 0.6 is 0 Å². The van der Waals surface area contributed by atoms with Crippen LogP contribution in [0.3, 0.4) is 0 Å². The molecule has 0 spiro atoms. The second-order valence-electron chi connectivity index (χ2n) is 4.59. The summed E-state index contributed by atoms with van der Waals surface area (Å²) < 4.78 is 5.11. The van der Waals surface area contributed by atoms with Gasteiger partial charge in [-0.25, -0.2) is 0 Å². The third-order valence-electron chi connectivity index (χ3n) is 3.03.